The summed E-state index contributed by atoms with van der Waals surface area (Å²) in [5, 5.41) is 0. The molecule has 0 bridgehead atoms. The highest BCUT2D eigenvalue weighted by atomic mass is 14.6. The second-order valence-electron chi connectivity index (χ2n) is 8.18. The van der Waals surface area contributed by atoms with Crippen LogP contribution in [0.15, 0.2) is 71.9 Å². The lowest BCUT2D eigenvalue weighted by Crippen LogP contribution is -2.10. The van der Waals surface area contributed by atoms with Crippen LogP contribution in [0.5, 0.6) is 0 Å². The summed E-state index contributed by atoms with van der Waals surface area (Å²) in [7, 11) is 0. The highest BCUT2D eigenvalue weighted by Gasteiger charge is 2.53. The first-order valence-electron chi connectivity index (χ1n) is 9.58. The van der Waals surface area contributed by atoms with Gasteiger partial charge in [-0.1, -0.05) is 80.2 Å². The van der Waals surface area contributed by atoms with Crippen molar-refractivity contribution >= 4 is 5.57 Å². The van der Waals surface area contributed by atoms with Crippen LogP contribution >= 0.6 is 0 Å². The van der Waals surface area contributed by atoms with Crippen LogP contribution < -0.4 is 0 Å². The summed E-state index contributed by atoms with van der Waals surface area (Å²) >= 11 is 0. The highest BCUT2D eigenvalue weighted by molar-refractivity contribution is 5.81. The fourth-order valence-electron chi connectivity index (χ4n) is 4.41. The van der Waals surface area contributed by atoms with Crippen LogP contribution in [0.3, 0.4) is 0 Å². The van der Waals surface area contributed by atoms with E-state index in [-0.39, 0.29) is 5.41 Å². The smallest absolute Gasteiger partial charge is 0.0204 e. The molecule has 0 radical (unpaired) electrons. The molecule has 0 aromatic heterocycles. The Labute approximate surface area is 152 Å². The van der Waals surface area contributed by atoms with Gasteiger partial charge in [-0.05, 0) is 66.4 Å². The second kappa shape index (κ2) is 6.02. The molecule has 3 aliphatic carbocycles. The van der Waals surface area contributed by atoms with Crippen molar-refractivity contribution in [3.05, 3.63) is 88.6 Å². The molecule has 1 aromatic carbocycles. The first-order valence-corrected chi connectivity index (χ1v) is 9.58. The molecule has 0 spiro atoms. The Balaban J connectivity index is 1.77. The molecule has 2 atom stereocenters. The lowest BCUT2D eigenvalue weighted by Gasteiger charge is -2.22. The van der Waals surface area contributed by atoms with Gasteiger partial charge in [0.25, 0.3) is 0 Å². The van der Waals surface area contributed by atoms with E-state index in [1.807, 2.05) is 0 Å². The van der Waals surface area contributed by atoms with E-state index >= 15 is 0 Å². The maximum atomic E-state index is 2.49. The van der Waals surface area contributed by atoms with Crippen molar-refractivity contribution in [3.8, 4) is 0 Å². The van der Waals surface area contributed by atoms with Crippen LogP contribution in [-0.2, 0) is 5.41 Å². The van der Waals surface area contributed by atoms with Crippen LogP contribution in [0.25, 0.3) is 5.57 Å². The van der Waals surface area contributed by atoms with Gasteiger partial charge in [-0.3, -0.25) is 0 Å². The predicted molar refractivity (Wildman–Crippen MR) is 109 cm³/mol. The molecule has 4 rings (SSSR count). The van der Waals surface area contributed by atoms with Crippen molar-refractivity contribution in [3.63, 3.8) is 0 Å². The topological polar surface area (TPSA) is 0 Å². The summed E-state index contributed by atoms with van der Waals surface area (Å²) in [4.78, 5) is 0. The van der Waals surface area contributed by atoms with Crippen molar-refractivity contribution in [2.45, 2.75) is 51.9 Å². The standard InChI is InChI=1S/C25H28/c1-17(2)24-15-20(25-13-12-18(3)14-21(25)16-25)10-11-23(24)22-9-7-5-6-8-19(22)4/h5-6,8-15,17,21H,7,16H2,1-4H3. The molecule has 1 fully saturated rings. The number of hydrogen-bond acceptors (Lipinski definition) is 0. The first kappa shape index (κ1) is 16.4. The van der Waals surface area contributed by atoms with E-state index in [9.17, 15) is 0 Å². The molecule has 25 heavy (non-hydrogen) atoms. The van der Waals surface area contributed by atoms with E-state index < -0.39 is 0 Å². The summed E-state index contributed by atoms with van der Waals surface area (Å²) in [6.07, 6.45) is 18.5. The number of fused-ring (bicyclic) bond motifs is 1. The second-order valence-corrected chi connectivity index (χ2v) is 8.18. The van der Waals surface area contributed by atoms with Crippen LogP contribution in [0.1, 0.15) is 63.1 Å². The molecular weight excluding hydrogens is 300 g/mol. The third kappa shape index (κ3) is 2.78. The normalized spacial score (nSPS) is 27.4. The average Bonchev–Trinajstić information content (AvgIpc) is 3.34. The molecule has 1 saturated carbocycles. The number of allylic oxidation sites excluding steroid dienone is 10. The molecule has 0 aliphatic heterocycles. The van der Waals surface area contributed by atoms with Crippen LogP contribution in [-0.4, -0.2) is 0 Å². The van der Waals surface area contributed by atoms with Crippen LogP contribution in [0.2, 0.25) is 0 Å². The molecule has 1 aromatic rings. The summed E-state index contributed by atoms with van der Waals surface area (Å²) in [6.45, 7) is 9.08. The monoisotopic (exact) mass is 328 g/mol. The largest absolute Gasteiger partial charge is 0.0807 e. The molecular formula is C25H28. The van der Waals surface area contributed by atoms with Gasteiger partial charge >= 0.3 is 0 Å². The van der Waals surface area contributed by atoms with E-state index in [0.717, 1.165) is 6.42 Å². The Bertz CT molecular complexity index is 854. The lowest BCUT2D eigenvalue weighted by molar-refractivity contribution is 0.796. The minimum absolute atomic E-state index is 0.270. The molecule has 0 amide bonds. The SMILES string of the molecule is CC1=CC2CC2(c2ccc(C3=CCC=CC=C3C)c(C(C)C)c2)C=C1. The van der Waals surface area contributed by atoms with E-state index in [2.05, 4.69) is 88.4 Å². The Kier molecular flexibility index (Phi) is 3.95. The fourth-order valence-corrected chi connectivity index (χ4v) is 4.41. The Morgan fingerprint density at radius 1 is 1.16 bits per heavy atom. The van der Waals surface area contributed by atoms with E-state index in [0.29, 0.717) is 11.8 Å². The molecule has 0 saturated heterocycles. The van der Waals surface area contributed by atoms with Crippen molar-refractivity contribution in [1.29, 1.82) is 0 Å². The summed E-state index contributed by atoms with van der Waals surface area (Å²) in [5.74, 6) is 1.23. The van der Waals surface area contributed by atoms with Gasteiger partial charge in [-0.15, -0.1) is 0 Å². The summed E-state index contributed by atoms with van der Waals surface area (Å²) < 4.78 is 0. The van der Waals surface area contributed by atoms with Gasteiger partial charge in [0, 0.05) is 5.41 Å². The van der Waals surface area contributed by atoms with Gasteiger partial charge in [-0.2, -0.15) is 0 Å². The number of rotatable bonds is 3. The summed E-state index contributed by atoms with van der Waals surface area (Å²) in [6, 6.07) is 7.25. The molecule has 0 nitrogen and oxygen atoms in total. The number of hydrogen-bond donors (Lipinski definition) is 0. The van der Waals surface area contributed by atoms with Gasteiger partial charge in [0.2, 0.25) is 0 Å². The van der Waals surface area contributed by atoms with Crippen LogP contribution in [0.4, 0.5) is 0 Å². The summed E-state index contributed by atoms with van der Waals surface area (Å²) in [5.41, 5.74) is 8.84. The van der Waals surface area contributed by atoms with Gasteiger partial charge in [0.1, 0.15) is 0 Å². The zero-order valence-corrected chi connectivity index (χ0v) is 15.8. The maximum absolute atomic E-state index is 2.49. The lowest BCUT2D eigenvalue weighted by atomic mass is 9.82. The highest BCUT2D eigenvalue weighted by Crippen LogP contribution is 2.59. The van der Waals surface area contributed by atoms with Crippen molar-refractivity contribution in [2.75, 3.05) is 0 Å². The maximum Gasteiger partial charge on any atom is 0.0204 e. The fraction of sp³-hybridized carbons (Fsp3) is 0.360. The van der Waals surface area contributed by atoms with E-state index in [1.165, 1.54) is 39.8 Å². The zero-order valence-electron chi connectivity index (χ0n) is 15.8. The van der Waals surface area contributed by atoms with E-state index in [4.69, 9.17) is 0 Å². The third-order valence-corrected chi connectivity index (χ3v) is 6.03. The zero-order chi connectivity index (χ0) is 17.6. The van der Waals surface area contributed by atoms with Crippen molar-refractivity contribution in [1.82, 2.24) is 0 Å². The first-order chi connectivity index (χ1) is 12.0. The van der Waals surface area contributed by atoms with Gasteiger partial charge in [-0.25, -0.2) is 0 Å². The predicted octanol–water partition coefficient (Wildman–Crippen LogP) is 6.87. The molecule has 128 valence electrons. The minimum atomic E-state index is 0.270. The number of benzene rings is 1. The average molecular weight is 328 g/mol. The molecule has 0 heteroatoms. The Morgan fingerprint density at radius 2 is 2.00 bits per heavy atom. The van der Waals surface area contributed by atoms with Crippen molar-refractivity contribution < 1.29 is 0 Å². The molecule has 0 N–H and O–H groups in total. The quantitative estimate of drug-likeness (QED) is 0.567. The van der Waals surface area contributed by atoms with Gasteiger partial charge in [0.15, 0.2) is 0 Å². The van der Waals surface area contributed by atoms with Gasteiger partial charge in [0.05, 0.1) is 0 Å². The Hall–Kier alpha value is -2.08. The van der Waals surface area contributed by atoms with Gasteiger partial charge < -0.3 is 0 Å². The van der Waals surface area contributed by atoms with E-state index in [1.54, 1.807) is 0 Å². The minimum Gasteiger partial charge on any atom is -0.0807 e. The molecule has 0 heterocycles. The third-order valence-electron chi connectivity index (χ3n) is 6.03. The Morgan fingerprint density at radius 3 is 2.76 bits per heavy atom. The van der Waals surface area contributed by atoms with Crippen molar-refractivity contribution in [2.24, 2.45) is 5.92 Å². The molecule has 3 aliphatic rings. The molecule has 2 unspecified atom stereocenters. The van der Waals surface area contributed by atoms with Crippen LogP contribution in [0, 0.1) is 5.92 Å².